The van der Waals surface area contributed by atoms with Gasteiger partial charge in [0.25, 0.3) is 5.91 Å². The number of hydrogen-bond donors (Lipinski definition) is 4. The smallest absolute Gasteiger partial charge is 0.251 e. The van der Waals surface area contributed by atoms with Gasteiger partial charge in [0, 0.05) is 11.3 Å². The molecule has 2 unspecified atom stereocenters. The first kappa shape index (κ1) is 14.3. The Morgan fingerprint density at radius 2 is 2.28 bits per heavy atom. The average molecular weight is 271 g/mol. The molecule has 0 bridgehead atoms. The molecule has 18 heavy (non-hydrogen) atoms. The number of anilines is 1. The summed E-state index contributed by atoms with van der Waals surface area (Å²) < 4.78 is 19.4. The van der Waals surface area contributed by atoms with E-state index in [2.05, 4.69) is 10.6 Å². The standard InChI is InChI=1S/C10H13N3O4S/c11-10(18(16)17)13-8-3-1-2-7(6-8)9(15)12-4-5-14/h1-3,5-6,10,13H,4,11H2,(H,12,15)(H,16,17). The van der Waals surface area contributed by atoms with Crippen LogP contribution in [0.2, 0.25) is 0 Å². The van der Waals surface area contributed by atoms with E-state index in [1.54, 1.807) is 18.2 Å². The monoisotopic (exact) mass is 271 g/mol. The van der Waals surface area contributed by atoms with Gasteiger partial charge in [0.05, 0.1) is 6.54 Å². The predicted octanol–water partition coefficient (Wildman–Crippen LogP) is -0.509. The molecule has 98 valence electrons. The molecule has 1 amide bonds. The van der Waals surface area contributed by atoms with Gasteiger partial charge in [0.15, 0.2) is 16.6 Å². The van der Waals surface area contributed by atoms with Crippen molar-refractivity contribution in [3.05, 3.63) is 29.8 Å². The van der Waals surface area contributed by atoms with Crippen molar-refractivity contribution in [1.29, 1.82) is 0 Å². The third-order valence-electron chi connectivity index (χ3n) is 2.00. The Balaban J connectivity index is 2.75. The molecule has 5 N–H and O–H groups in total. The molecule has 0 fully saturated rings. The van der Waals surface area contributed by atoms with Crippen molar-refractivity contribution >= 4 is 29.0 Å². The molecule has 0 aliphatic carbocycles. The molecule has 0 aromatic heterocycles. The highest BCUT2D eigenvalue weighted by Crippen LogP contribution is 2.11. The molecule has 0 aliphatic heterocycles. The zero-order valence-corrected chi connectivity index (χ0v) is 10.1. The molecule has 1 aromatic rings. The second-order valence-electron chi connectivity index (χ2n) is 3.30. The van der Waals surface area contributed by atoms with Gasteiger partial charge in [-0.3, -0.25) is 10.5 Å². The Hall–Kier alpha value is -1.77. The lowest BCUT2D eigenvalue weighted by Gasteiger charge is -2.12. The summed E-state index contributed by atoms with van der Waals surface area (Å²) in [6.45, 7) is -0.0728. The zero-order chi connectivity index (χ0) is 13.5. The zero-order valence-electron chi connectivity index (χ0n) is 9.33. The second-order valence-corrected chi connectivity index (χ2v) is 4.36. The van der Waals surface area contributed by atoms with Crippen LogP contribution in [0.1, 0.15) is 10.4 Å². The van der Waals surface area contributed by atoms with Crippen LogP contribution in [0.25, 0.3) is 0 Å². The number of amides is 1. The van der Waals surface area contributed by atoms with Gasteiger partial charge in [0.2, 0.25) is 0 Å². The third kappa shape index (κ3) is 4.24. The summed E-state index contributed by atoms with van der Waals surface area (Å²) in [6, 6.07) is 6.20. The van der Waals surface area contributed by atoms with Crippen molar-refractivity contribution in [2.75, 3.05) is 11.9 Å². The summed E-state index contributed by atoms with van der Waals surface area (Å²) in [4.78, 5) is 21.7. The maximum absolute atomic E-state index is 11.5. The summed E-state index contributed by atoms with van der Waals surface area (Å²) >= 11 is -2.21. The fraction of sp³-hybridized carbons (Fsp3) is 0.200. The van der Waals surface area contributed by atoms with Gasteiger partial charge in [-0.1, -0.05) is 6.07 Å². The Bertz CT molecular complexity index is 466. The van der Waals surface area contributed by atoms with Gasteiger partial charge >= 0.3 is 0 Å². The molecule has 7 nitrogen and oxygen atoms in total. The van der Waals surface area contributed by atoms with Gasteiger partial charge in [-0.25, -0.2) is 4.21 Å². The fourth-order valence-corrected chi connectivity index (χ4v) is 1.44. The van der Waals surface area contributed by atoms with Crippen LogP contribution in [0.15, 0.2) is 24.3 Å². The van der Waals surface area contributed by atoms with E-state index in [9.17, 15) is 13.8 Å². The van der Waals surface area contributed by atoms with E-state index >= 15 is 0 Å². The normalized spacial score (nSPS) is 13.4. The van der Waals surface area contributed by atoms with Gasteiger partial charge in [0.1, 0.15) is 6.29 Å². The van der Waals surface area contributed by atoms with Crippen LogP contribution in [-0.4, -0.2) is 33.0 Å². The van der Waals surface area contributed by atoms with E-state index in [1.807, 2.05) is 0 Å². The average Bonchev–Trinajstić information content (AvgIpc) is 2.36. The van der Waals surface area contributed by atoms with Crippen molar-refractivity contribution in [3.63, 3.8) is 0 Å². The summed E-state index contributed by atoms with van der Waals surface area (Å²) in [5.74, 6) is -0.413. The van der Waals surface area contributed by atoms with E-state index < -0.39 is 22.5 Å². The first-order valence-corrected chi connectivity index (χ1v) is 6.15. The van der Waals surface area contributed by atoms with Crippen LogP contribution in [0.3, 0.4) is 0 Å². The van der Waals surface area contributed by atoms with E-state index in [-0.39, 0.29) is 6.54 Å². The minimum absolute atomic E-state index is 0.0728. The molecule has 0 spiro atoms. The summed E-state index contributed by atoms with van der Waals surface area (Å²) in [6.07, 6.45) is 0.574. The molecule has 0 saturated heterocycles. The quantitative estimate of drug-likeness (QED) is 0.314. The lowest BCUT2D eigenvalue weighted by molar-refractivity contribution is -0.107. The lowest BCUT2D eigenvalue weighted by Crippen LogP contribution is -2.34. The first-order chi connectivity index (χ1) is 8.54. The Morgan fingerprint density at radius 3 is 2.89 bits per heavy atom. The minimum Gasteiger partial charge on any atom is -0.358 e. The van der Waals surface area contributed by atoms with Crippen molar-refractivity contribution < 1.29 is 18.4 Å². The lowest BCUT2D eigenvalue weighted by atomic mass is 10.2. The van der Waals surface area contributed by atoms with E-state index in [0.29, 0.717) is 17.5 Å². The Morgan fingerprint density at radius 1 is 1.56 bits per heavy atom. The molecule has 8 heteroatoms. The van der Waals surface area contributed by atoms with E-state index in [0.717, 1.165) is 0 Å². The van der Waals surface area contributed by atoms with Crippen LogP contribution in [0.5, 0.6) is 0 Å². The van der Waals surface area contributed by atoms with Crippen LogP contribution in [-0.2, 0) is 15.9 Å². The highest BCUT2D eigenvalue weighted by atomic mass is 32.2. The van der Waals surface area contributed by atoms with Gasteiger partial charge in [-0.05, 0) is 18.2 Å². The van der Waals surface area contributed by atoms with Gasteiger partial charge in [-0.2, -0.15) is 0 Å². The van der Waals surface area contributed by atoms with E-state index in [1.165, 1.54) is 6.07 Å². The first-order valence-electron chi connectivity index (χ1n) is 4.98. The maximum Gasteiger partial charge on any atom is 0.251 e. The number of benzene rings is 1. The van der Waals surface area contributed by atoms with Crippen LogP contribution in [0, 0.1) is 0 Å². The predicted molar refractivity (Wildman–Crippen MR) is 67.2 cm³/mol. The number of carbonyl (C=O) groups is 2. The molecule has 0 radical (unpaired) electrons. The van der Waals surface area contributed by atoms with Crippen molar-refractivity contribution in [1.82, 2.24) is 5.32 Å². The molecular formula is C10H13N3O4S. The van der Waals surface area contributed by atoms with Crippen molar-refractivity contribution in [2.24, 2.45) is 5.73 Å². The Labute approximate surface area is 106 Å². The molecule has 1 rings (SSSR count). The summed E-state index contributed by atoms with van der Waals surface area (Å²) in [7, 11) is 0. The number of nitrogens with two attached hydrogens (primary N) is 1. The summed E-state index contributed by atoms with van der Waals surface area (Å²) in [5, 5.41) is 4.95. The Kier molecular flexibility index (Phi) is 5.43. The number of rotatable bonds is 6. The molecule has 0 aliphatic rings. The number of nitrogens with one attached hydrogen (secondary N) is 2. The molecular weight excluding hydrogens is 258 g/mol. The van der Waals surface area contributed by atoms with Crippen molar-refractivity contribution in [2.45, 2.75) is 5.50 Å². The van der Waals surface area contributed by atoms with Gasteiger partial charge in [-0.15, -0.1) is 0 Å². The largest absolute Gasteiger partial charge is 0.358 e. The number of carbonyl (C=O) groups excluding carboxylic acids is 2. The summed E-state index contributed by atoms with van der Waals surface area (Å²) in [5.41, 5.74) is 4.96. The van der Waals surface area contributed by atoms with Crippen molar-refractivity contribution in [3.8, 4) is 0 Å². The fourth-order valence-electron chi connectivity index (χ4n) is 1.20. The van der Waals surface area contributed by atoms with Crippen LogP contribution in [0.4, 0.5) is 5.69 Å². The molecule has 0 saturated carbocycles. The van der Waals surface area contributed by atoms with E-state index in [4.69, 9.17) is 10.3 Å². The highest BCUT2D eigenvalue weighted by molar-refractivity contribution is 7.79. The minimum atomic E-state index is -2.21. The highest BCUT2D eigenvalue weighted by Gasteiger charge is 2.10. The molecule has 0 heterocycles. The molecule has 1 aromatic carbocycles. The molecule has 2 atom stereocenters. The number of aldehydes is 1. The van der Waals surface area contributed by atoms with Gasteiger partial charge < -0.3 is 20.0 Å². The van der Waals surface area contributed by atoms with Crippen LogP contribution < -0.4 is 16.4 Å². The number of hydrogen-bond acceptors (Lipinski definition) is 5. The maximum atomic E-state index is 11.5. The van der Waals surface area contributed by atoms with Crippen LogP contribution >= 0.6 is 0 Å². The second kappa shape index (κ2) is 6.84. The third-order valence-corrected chi connectivity index (χ3v) is 2.55. The topological polar surface area (TPSA) is 122 Å². The SMILES string of the molecule is NC(Nc1cccc(C(=O)NCC=O)c1)S(=O)O.